The van der Waals surface area contributed by atoms with E-state index in [1.165, 1.54) is 56.3 Å². The molecule has 1 aromatic carbocycles. The molecule has 3 rings (SSSR count). The lowest BCUT2D eigenvalue weighted by Crippen LogP contribution is -2.49. The average Bonchev–Trinajstić information content (AvgIpc) is 2.51. The van der Waals surface area contributed by atoms with Gasteiger partial charge in [0.2, 0.25) is 0 Å². The molecule has 2 aliphatic rings. The molecule has 2 heteroatoms. The van der Waals surface area contributed by atoms with Gasteiger partial charge in [-0.3, -0.25) is 0 Å². The molecule has 0 spiro atoms. The van der Waals surface area contributed by atoms with Gasteiger partial charge in [-0.2, -0.15) is 0 Å². The lowest BCUT2D eigenvalue weighted by Gasteiger charge is -2.47. The van der Waals surface area contributed by atoms with Crippen molar-refractivity contribution in [1.82, 2.24) is 4.90 Å². The second-order valence-corrected chi connectivity index (χ2v) is 7.11. The maximum atomic E-state index is 9.43. The second kappa shape index (κ2) is 6.50. The number of piperidine rings is 1. The Morgan fingerprint density at radius 3 is 2.52 bits per heavy atom. The van der Waals surface area contributed by atoms with Gasteiger partial charge in [0.05, 0.1) is 0 Å². The quantitative estimate of drug-likeness (QED) is 0.897. The predicted molar refractivity (Wildman–Crippen MR) is 87.6 cm³/mol. The fourth-order valence-corrected chi connectivity index (χ4v) is 4.11. The summed E-state index contributed by atoms with van der Waals surface area (Å²) in [5.41, 5.74) is 3.37. The van der Waals surface area contributed by atoms with Crippen LogP contribution < -0.4 is 0 Å². The molecule has 1 heterocycles. The Bertz CT molecular complexity index is 449. The Labute approximate surface area is 129 Å². The van der Waals surface area contributed by atoms with Crippen LogP contribution in [-0.4, -0.2) is 36.2 Å². The summed E-state index contributed by atoms with van der Waals surface area (Å²) >= 11 is 0. The van der Waals surface area contributed by atoms with Crippen LogP contribution in [0.25, 0.3) is 0 Å². The Kier molecular flexibility index (Phi) is 4.66. The summed E-state index contributed by atoms with van der Waals surface area (Å²) in [7, 11) is 0. The van der Waals surface area contributed by atoms with Crippen LogP contribution in [0.5, 0.6) is 0 Å². The number of likely N-dealkylation sites (tertiary alicyclic amines) is 1. The smallest absolute Gasteiger partial charge is 0.0471 e. The molecule has 1 aliphatic carbocycles. The third kappa shape index (κ3) is 3.17. The summed E-state index contributed by atoms with van der Waals surface area (Å²) in [4.78, 5) is 2.61. The molecule has 1 unspecified atom stereocenters. The highest BCUT2D eigenvalue weighted by Gasteiger charge is 2.40. The van der Waals surface area contributed by atoms with Gasteiger partial charge in [-0.05, 0) is 55.7 Å². The first-order valence-electron chi connectivity index (χ1n) is 8.68. The zero-order valence-corrected chi connectivity index (χ0v) is 13.4. The van der Waals surface area contributed by atoms with E-state index in [9.17, 15) is 5.11 Å². The van der Waals surface area contributed by atoms with Gasteiger partial charge in [-0.25, -0.2) is 0 Å². The van der Waals surface area contributed by atoms with Crippen molar-refractivity contribution >= 4 is 0 Å². The monoisotopic (exact) mass is 287 g/mol. The largest absolute Gasteiger partial charge is 0.396 e. The number of benzene rings is 1. The number of aliphatic hydroxyl groups excluding tert-OH is 1. The van der Waals surface area contributed by atoms with Gasteiger partial charge < -0.3 is 10.0 Å². The number of aryl methyl sites for hydroxylation is 1. The normalized spacial score (nSPS) is 25.5. The van der Waals surface area contributed by atoms with Crippen LogP contribution in [0.4, 0.5) is 0 Å². The van der Waals surface area contributed by atoms with E-state index in [0.29, 0.717) is 17.9 Å². The highest BCUT2D eigenvalue weighted by atomic mass is 16.3. The fourth-order valence-electron chi connectivity index (χ4n) is 4.11. The van der Waals surface area contributed by atoms with E-state index in [2.05, 4.69) is 36.1 Å². The molecule has 0 radical (unpaired) electrons. The number of nitrogens with zero attached hydrogens (tertiary/aromatic N) is 1. The zero-order valence-electron chi connectivity index (χ0n) is 13.4. The Morgan fingerprint density at radius 1 is 1.19 bits per heavy atom. The first kappa shape index (κ1) is 15.1. The van der Waals surface area contributed by atoms with Crippen molar-refractivity contribution in [3.8, 4) is 0 Å². The van der Waals surface area contributed by atoms with Crippen molar-refractivity contribution in [1.29, 1.82) is 0 Å². The van der Waals surface area contributed by atoms with Gasteiger partial charge in [0.1, 0.15) is 0 Å². The van der Waals surface area contributed by atoms with Crippen LogP contribution in [0.1, 0.15) is 50.2 Å². The molecule has 1 aromatic rings. The molecule has 1 aliphatic heterocycles. The van der Waals surface area contributed by atoms with E-state index in [0.717, 1.165) is 13.0 Å². The van der Waals surface area contributed by atoms with Crippen LogP contribution in [-0.2, 0) is 11.8 Å². The molecule has 1 saturated heterocycles. The van der Waals surface area contributed by atoms with Gasteiger partial charge in [0.25, 0.3) is 0 Å². The van der Waals surface area contributed by atoms with E-state index in [1.54, 1.807) is 0 Å². The molecule has 1 atom stereocenters. The van der Waals surface area contributed by atoms with Gasteiger partial charge >= 0.3 is 0 Å². The minimum atomic E-state index is 0.356. The van der Waals surface area contributed by atoms with Gasteiger partial charge in [0, 0.05) is 25.1 Å². The van der Waals surface area contributed by atoms with Gasteiger partial charge in [-0.15, -0.1) is 0 Å². The van der Waals surface area contributed by atoms with E-state index in [-0.39, 0.29) is 0 Å². The average molecular weight is 287 g/mol. The molecule has 2 nitrogen and oxygen atoms in total. The lowest BCUT2D eigenvalue weighted by atomic mass is 9.64. The minimum absolute atomic E-state index is 0.356. The Balaban J connectivity index is 1.70. The second-order valence-electron chi connectivity index (χ2n) is 7.11. The van der Waals surface area contributed by atoms with Crippen molar-refractivity contribution in [2.24, 2.45) is 5.92 Å². The predicted octanol–water partition coefficient (Wildman–Crippen LogP) is 3.38. The first-order valence-corrected chi connectivity index (χ1v) is 8.68. The third-order valence-electron chi connectivity index (χ3n) is 5.67. The summed E-state index contributed by atoms with van der Waals surface area (Å²) in [6, 6.07) is 9.35. The van der Waals surface area contributed by atoms with Crippen LogP contribution in [0.2, 0.25) is 0 Å². The molecular weight excluding hydrogens is 258 g/mol. The van der Waals surface area contributed by atoms with Crippen molar-refractivity contribution in [2.45, 2.75) is 50.9 Å². The summed E-state index contributed by atoms with van der Waals surface area (Å²) in [5, 5.41) is 9.43. The summed E-state index contributed by atoms with van der Waals surface area (Å²) in [5.74, 6) is 0.498. The number of aliphatic hydroxyl groups is 1. The fraction of sp³-hybridized carbons (Fsp3) is 0.684. The van der Waals surface area contributed by atoms with E-state index in [1.807, 2.05) is 0 Å². The lowest BCUT2D eigenvalue weighted by molar-refractivity contribution is 0.0769. The molecule has 116 valence electrons. The summed E-state index contributed by atoms with van der Waals surface area (Å²) < 4.78 is 0. The Hall–Kier alpha value is -0.860. The van der Waals surface area contributed by atoms with Gasteiger partial charge in [-0.1, -0.05) is 37.6 Å². The van der Waals surface area contributed by atoms with E-state index in [4.69, 9.17) is 0 Å². The first-order chi connectivity index (χ1) is 10.3. The summed E-state index contributed by atoms with van der Waals surface area (Å²) in [6.07, 6.45) is 7.60. The zero-order chi connectivity index (χ0) is 14.7. The van der Waals surface area contributed by atoms with Gasteiger partial charge in [0.15, 0.2) is 0 Å². The highest BCUT2D eigenvalue weighted by Crippen LogP contribution is 2.44. The van der Waals surface area contributed by atoms with Crippen molar-refractivity contribution in [2.75, 3.05) is 26.2 Å². The van der Waals surface area contributed by atoms with E-state index < -0.39 is 0 Å². The van der Waals surface area contributed by atoms with Crippen LogP contribution in [0.3, 0.4) is 0 Å². The number of hydrogen-bond donors (Lipinski definition) is 1. The number of rotatable bonds is 5. The highest BCUT2D eigenvalue weighted by molar-refractivity contribution is 5.32. The molecule has 0 aromatic heterocycles. The standard InChI is InChI=1S/C19H29NO/c1-2-16-6-8-18(9-7-16)19(10-4-11-19)15-20-12-3-5-17(13-20)14-21/h6-9,17,21H,2-5,10-15H2,1H3. The molecule has 2 fully saturated rings. The summed E-state index contributed by atoms with van der Waals surface area (Å²) in [6.45, 7) is 6.07. The maximum Gasteiger partial charge on any atom is 0.0471 e. The molecule has 0 amide bonds. The molecule has 21 heavy (non-hydrogen) atoms. The minimum Gasteiger partial charge on any atom is -0.396 e. The molecule has 0 bridgehead atoms. The van der Waals surface area contributed by atoms with Crippen molar-refractivity contribution < 1.29 is 5.11 Å². The molecular formula is C19H29NO. The third-order valence-corrected chi connectivity index (χ3v) is 5.67. The van der Waals surface area contributed by atoms with Crippen LogP contribution in [0, 0.1) is 5.92 Å². The van der Waals surface area contributed by atoms with Crippen LogP contribution >= 0.6 is 0 Å². The van der Waals surface area contributed by atoms with Crippen LogP contribution in [0.15, 0.2) is 24.3 Å². The maximum absolute atomic E-state index is 9.43. The topological polar surface area (TPSA) is 23.5 Å². The van der Waals surface area contributed by atoms with Crippen molar-refractivity contribution in [3.63, 3.8) is 0 Å². The Morgan fingerprint density at radius 2 is 1.95 bits per heavy atom. The molecule has 1 saturated carbocycles. The van der Waals surface area contributed by atoms with E-state index >= 15 is 0 Å². The molecule has 1 N–H and O–H groups in total. The van der Waals surface area contributed by atoms with Crippen molar-refractivity contribution in [3.05, 3.63) is 35.4 Å². The number of hydrogen-bond acceptors (Lipinski definition) is 2. The SMILES string of the molecule is CCc1ccc(C2(CN3CCCC(CO)C3)CCC2)cc1.